The van der Waals surface area contributed by atoms with Crippen LogP contribution in [0.2, 0.25) is 0 Å². The van der Waals surface area contributed by atoms with Gasteiger partial charge in [0, 0.05) is 56.6 Å². The second-order valence-electron chi connectivity index (χ2n) is 16.2. The van der Waals surface area contributed by atoms with Crippen LogP contribution in [0.3, 0.4) is 0 Å². The van der Waals surface area contributed by atoms with E-state index in [1.807, 2.05) is 54.4 Å². The summed E-state index contributed by atoms with van der Waals surface area (Å²) in [6.07, 6.45) is 3.37. The molecule has 1 fully saturated rings. The quantitative estimate of drug-likeness (QED) is 0.0515. The van der Waals surface area contributed by atoms with Gasteiger partial charge in [-0.05, 0) is 37.3 Å². The molecule has 1 saturated heterocycles. The summed E-state index contributed by atoms with van der Waals surface area (Å²) in [4.78, 5) is 45.4. The Balaban J connectivity index is 0.966. The molecule has 61 heavy (non-hydrogen) atoms. The van der Waals surface area contributed by atoms with Gasteiger partial charge in [0.15, 0.2) is 5.82 Å². The Morgan fingerprint density at radius 1 is 1.11 bits per heavy atom. The maximum absolute atomic E-state index is 15.2. The number of allylic oxidation sites excluding steroid dienone is 1. The summed E-state index contributed by atoms with van der Waals surface area (Å²) in [6, 6.07) is 15.6. The number of anilines is 4. The third-order valence-corrected chi connectivity index (χ3v) is 19.3. The molecule has 6 heterocycles. The van der Waals surface area contributed by atoms with E-state index in [2.05, 4.69) is 36.8 Å². The van der Waals surface area contributed by atoms with Gasteiger partial charge in [0.05, 0.1) is 12.6 Å². The van der Waals surface area contributed by atoms with Gasteiger partial charge in [-0.25, -0.2) is 8.78 Å². The van der Waals surface area contributed by atoms with Crippen molar-refractivity contribution in [2.24, 2.45) is 0 Å². The van der Waals surface area contributed by atoms with E-state index in [1.165, 1.54) is 11.3 Å². The molecule has 320 valence electrons. The molecule has 0 saturated carbocycles. The number of rotatable bonds is 13. The molecule has 3 aromatic carbocycles. The molecule has 9 rings (SSSR count). The van der Waals surface area contributed by atoms with Crippen molar-refractivity contribution in [3.63, 3.8) is 0 Å². The summed E-state index contributed by atoms with van der Waals surface area (Å²) in [5, 5.41) is 11.9. The number of amides is 2. The van der Waals surface area contributed by atoms with Gasteiger partial charge in [0.2, 0.25) is 5.91 Å². The molecular weight excluding hydrogens is 914 g/mol. The summed E-state index contributed by atoms with van der Waals surface area (Å²) < 4.78 is 42.6. The van der Waals surface area contributed by atoms with Crippen LogP contribution in [0.15, 0.2) is 60.8 Å². The normalized spacial score (nSPS) is 17.6. The first kappa shape index (κ1) is 41.6. The number of aromatic nitrogens is 3. The van der Waals surface area contributed by atoms with Gasteiger partial charge in [-0.15, -0.1) is 0 Å². The van der Waals surface area contributed by atoms with Crippen molar-refractivity contribution >= 4 is 80.1 Å². The molecule has 12 nitrogen and oxygen atoms in total. The Morgan fingerprint density at radius 3 is 2.70 bits per heavy atom. The Bertz CT molecular complexity index is 2550. The van der Waals surface area contributed by atoms with E-state index in [1.54, 1.807) is 13.0 Å². The number of alkyl halides is 2. The van der Waals surface area contributed by atoms with Crippen molar-refractivity contribution < 1.29 is 27.9 Å². The number of fused-ring (bicyclic) bond motifs is 4. The van der Waals surface area contributed by atoms with Gasteiger partial charge in [0.25, 0.3) is 6.43 Å². The first-order chi connectivity index (χ1) is 29.5. The fourth-order valence-electron chi connectivity index (χ4n) is 8.92. The standard InChI is InChI=1S/C45H49F2IN8O4S/c1-26(49-25-57)7-8-27(2)53(4)48-37-11-10-31(22-35(37)43(48)59)50-45-51-38-12-9-29(21-41(38)61-45)33-20-30-6-5-16-55(40(30)23-34(33)42(46)47)44-36-24-54(28(3)58)17-13-39(36)56(52-44)32-14-18-60-19-15-32/h9-12,20-23,25,27,32,42H,1,5-8,13-19,24H2,2-4H3,(H,49,57)(H,50,51). The van der Waals surface area contributed by atoms with E-state index in [0.717, 1.165) is 85.5 Å². The summed E-state index contributed by atoms with van der Waals surface area (Å²) in [7, 11) is 2.01. The molecule has 4 aliphatic rings. The number of hydrogen-bond acceptors (Lipinski definition) is 10. The number of aryl methyl sites for hydroxylation is 1. The number of halogens is 3. The summed E-state index contributed by atoms with van der Waals surface area (Å²) in [5.41, 5.74) is 7.95. The van der Waals surface area contributed by atoms with Crippen molar-refractivity contribution in [1.82, 2.24) is 28.1 Å². The molecule has 2 N–H and O–H groups in total. The zero-order chi connectivity index (χ0) is 42.5. The number of nitrogens with zero attached hydrogens (tertiary/aromatic N) is 6. The molecule has 0 bridgehead atoms. The van der Waals surface area contributed by atoms with Gasteiger partial charge < -0.3 is 14.5 Å². The van der Waals surface area contributed by atoms with Gasteiger partial charge in [-0.2, -0.15) is 5.10 Å². The van der Waals surface area contributed by atoms with Crippen molar-refractivity contribution in [1.29, 1.82) is 0 Å². The summed E-state index contributed by atoms with van der Waals surface area (Å²) >= 11 is -0.761. The number of hydrogen-bond donors (Lipinski definition) is 2. The second kappa shape index (κ2) is 17.2. The predicted molar refractivity (Wildman–Crippen MR) is 243 cm³/mol. The third-order valence-electron chi connectivity index (χ3n) is 12.4. The van der Waals surface area contributed by atoms with Crippen LogP contribution in [0.25, 0.3) is 21.3 Å². The Hall–Kier alpha value is -4.78. The average Bonchev–Trinajstić information content (AvgIpc) is 3.85. The summed E-state index contributed by atoms with van der Waals surface area (Å²) in [5.74, 6) is 0.775. The number of thiazole rings is 1. The Labute approximate surface area is 365 Å². The topological polar surface area (TPSA) is 125 Å². The zero-order valence-electron chi connectivity index (χ0n) is 34.5. The van der Waals surface area contributed by atoms with Gasteiger partial charge >= 0.3 is 204 Å². The first-order valence-corrected chi connectivity index (χ1v) is 24.8. The maximum atomic E-state index is 15.2. The molecule has 0 radical (unpaired) electrons. The van der Waals surface area contributed by atoms with E-state index >= 15 is 8.78 Å². The molecule has 4 aliphatic heterocycles. The van der Waals surface area contributed by atoms with Crippen LogP contribution in [-0.2, 0) is 33.7 Å². The minimum atomic E-state index is -2.71. The van der Waals surface area contributed by atoms with E-state index in [9.17, 15) is 14.4 Å². The van der Waals surface area contributed by atoms with Crippen molar-refractivity contribution in [3.8, 4) is 11.1 Å². The van der Waals surface area contributed by atoms with E-state index in [4.69, 9.17) is 14.8 Å². The molecule has 1 unspecified atom stereocenters. The Kier molecular flexibility index (Phi) is 11.7. The van der Waals surface area contributed by atoms with Gasteiger partial charge in [-0.3, -0.25) is 9.48 Å². The molecule has 16 heteroatoms. The molecule has 2 aromatic heterocycles. The van der Waals surface area contributed by atoms with Crippen molar-refractivity contribution in [3.05, 3.63) is 92.3 Å². The van der Waals surface area contributed by atoms with E-state index < -0.39 is 26.5 Å². The SMILES string of the molecule is C=C(CCC(C)N(C)I1C(=O)c2cc(Nc3nc4ccc(-c5cc6c(cc5C(F)F)N(c5nn(C7CCOCC7)c7c5CN(C(C)=O)CC7)CCC6)cc4s3)ccc21)NC=O. The van der Waals surface area contributed by atoms with Crippen LogP contribution < -0.4 is 15.5 Å². The van der Waals surface area contributed by atoms with E-state index in [-0.39, 0.29) is 27.3 Å². The summed E-state index contributed by atoms with van der Waals surface area (Å²) in [6.45, 7) is 10.6. The third kappa shape index (κ3) is 7.95. The Morgan fingerprint density at radius 2 is 1.93 bits per heavy atom. The van der Waals surface area contributed by atoms with Crippen LogP contribution in [0.4, 0.5) is 31.1 Å². The van der Waals surface area contributed by atoms with Crippen LogP contribution in [0.5, 0.6) is 0 Å². The van der Waals surface area contributed by atoms with Crippen LogP contribution in [-0.4, -0.2) is 78.3 Å². The molecule has 0 spiro atoms. The van der Waals surface area contributed by atoms with Crippen molar-refractivity contribution in [2.75, 3.05) is 43.6 Å². The van der Waals surface area contributed by atoms with Gasteiger partial charge in [0.1, 0.15) is 0 Å². The monoisotopic (exact) mass is 962 g/mol. The molecule has 5 aromatic rings. The molecule has 1 atom stereocenters. The number of nitrogens with one attached hydrogen (secondary N) is 2. The fourth-order valence-corrected chi connectivity index (χ4v) is 15.2. The van der Waals surface area contributed by atoms with E-state index in [0.29, 0.717) is 74.1 Å². The van der Waals surface area contributed by atoms with Crippen LogP contribution in [0.1, 0.15) is 91.2 Å². The minimum absolute atomic E-state index is 0.0138. The molecule has 0 aliphatic carbocycles. The van der Waals surface area contributed by atoms with Crippen LogP contribution >= 0.6 is 31.4 Å². The van der Waals surface area contributed by atoms with Crippen molar-refractivity contribution in [2.45, 2.75) is 83.8 Å². The number of carbonyl (C=O) groups excluding carboxylic acids is 3. The van der Waals surface area contributed by atoms with Crippen LogP contribution in [0, 0.1) is 3.57 Å². The van der Waals surface area contributed by atoms with Gasteiger partial charge in [-0.1, -0.05) is 0 Å². The molecular formula is C45H49F2IN8O4S. The number of ether oxygens (including phenoxy) is 1. The number of benzene rings is 3. The molecule has 2 amide bonds. The number of carbonyl (C=O) groups is 3. The average molecular weight is 963 g/mol. The zero-order valence-corrected chi connectivity index (χ0v) is 37.5. The predicted octanol–water partition coefficient (Wildman–Crippen LogP) is 9.29. The fraction of sp³-hybridized carbons (Fsp3) is 0.400. The first-order valence-electron chi connectivity index (χ1n) is 20.8. The second-order valence-corrected chi connectivity index (χ2v) is 22.4.